The van der Waals surface area contributed by atoms with E-state index in [0.717, 1.165) is 20.9 Å². The number of aryl methyl sites for hydroxylation is 2. The number of halogens is 1. The van der Waals surface area contributed by atoms with Crippen molar-refractivity contribution >= 4 is 38.5 Å². The second kappa shape index (κ2) is 10.0. The lowest BCUT2D eigenvalue weighted by molar-refractivity contribution is -0.144. The lowest BCUT2D eigenvalue weighted by Gasteiger charge is -2.24. The van der Waals surface area contributed by atoms with Crippen LogP contribution in [0, 0.1) is 13.8 Å². The average Bonchev–Trinajstić information content (AvgIpc) is 3.33. The van der Waals surface area contributed by atoms with Crippen LogP contribution in [0.3, 0.4) is 0 Å². The molecule has 1 saturated heterocycles. The van der Waals surface area contributed by atoms with Crippen molar-refractivity contribution in [2.24, 2.45) is 0 Å². The molecule has 0 saturated carbocycles. The monoisotopic (exact) mass is 518 g/mol. The molecule has 0 radical (unpaired) electrons. The summed E-state index contributed by atoms with van der Waals surface area (Å²) < 4.78 is 44.8. The van der Waals surface area contributed by atoms with E-state index < -0.39 is 22.0 Å². The zero-order chi connectivity index (χ0) is 25.3. The molecule has 0 unspecified atom stereocenters. The molecular weight excluding hydrogens is 492 g/mol. The van der Waals surface area contributed by atoms with Crippen molar-refractivity contribution in [2.75, 3.05) is 20.8 Å². The van der Waals surface area contributed by atoms with E-state index in [4.69, 9.17) is 25.8 Å². The smallest absolute Gasteiger partial charge is 0.324 e. The molecule has 1 atom stereocenters. The Bertz CT molecular complexity index is 1390. The van der Waals surface area contributed by atoms with Gasteiger partial charge in [0.2, 0.25) is 10.0 Å². The fourth-order valence-corrected chi connectivity index (χ4v) is 6.52. The normalized spacial score (nSPS) is 16.4. The number of sulfonamides is 1. The van der Waals surface area contributed by atoms with E-state index in [2.05, 4.69) is 4.98 Å². The summed E-state index contributed by atoms with van der Waals surface area (Å²) in [6, 6.07) is 9.66. The van der Waals surface area contributed by atoms with E-state index in [1.54, 1.807) is 6.07 Å². The topological polar surface area (TPSA) is 95.0 Å². The number of aromatic nitrogens is 1. The number of pyridine rings is 1. The number of para-hydroxylation sites is 1. The lowest BCUT2D eigenvalue weighted by Crippen LogP contribution is -2.41. The zero-order valence-electron chi connectivity index (χ0n) is 20.0. The number of esters is 1. The van der Waals surface area contributed by atoms with Crippen LogP contribution in [0.15, 0.2) is 41.3 Å². The third-order valence-electron chi connectivity index (χ3n) is 6.14. The van der Waals surface area contributed by atoms with Gasteiger partial charge in [0.1, 0.15) is 34.6 Å². The largest absolute Gasteiger partial charge is 0.495 e. The van der Waals surface area contributed by atoms with Crippen molar-refractivity contribution in [3.05, 3.63) is 58.2 Å². The van der Waals surface area contributed by atoms with Crippen LogP contribution in [0.2, 0.25) is 5.02 Å². The molecule has 0 amide bonds. The number of ether oxygens (including phenoxy) is 3. The molecule has 186 valence electrons. The van der Waals surface area contributed by atoms with Crippen LogP contribution < -0.4 is 9.47 Å². The van der Waals surface area contributed by atoms with Gasteiger partial charge in [-0.2, -0.15) is 4.31 Å². The summed E-state index contributed by atoms with van der Waals surface area (Å²) in [4.78, 5) is 16.7. The fourth-order valence-electron chi connectivity index (χ4n) is 4.49. The Morgan fingerprint density at radius 3 is 2.69 bits per heavy atom. The average molecular weight is 519 g/mol. The molecule has 1 aliphatic rings. The van der Waals surface area contributed by atoms with E-state index in [1.165, 1.54) is 26.4 Å². The lowest BCUT2D eigenvalue weighted by atomic mass is 10.1. The molecule has 1 aromatic heterocycles. The molecular formula is C25H27ClN2O6S. The summed E-state index contributed by atoms with van der Waals surface area (Å²) in [6.45, 7) is 4.09. The van der Waals surface area contributed by atoms with Gasteiger partial charge < -0.3 is 14.2 Å². The summed E-state index contributed by atoms with van der Waals surface area (Å²) in [5.74, 6) is 0.0381. The molecule has 1 aliphatic heterocycles. The second-order valence-electron chi connectivity index (χ2n) is 8.38. The third-order valence-corrected chi connectivity index (χ3v) is 8.43. The fraction of sp³-hybridized carbons (Fsp3) is 0.360. The van der Waals surface area contributed by atoms with Crippen molar-refractivity contribution < 1.29 is 27.4 Å². The minimum absolute atomic E-state index is 0.0421. The van der Waals surface area contributed by atoms with Gasteiger partial charge in [-0.05, 0) is 56.5 Å². The van der Waals surface area contributed by atoms with Crippen LogP contribution in [-0.2, 0) is 26.2 Å². The van der Waals surface area contributed by atoms with Crippen LogP contribution in [-0.4, -0.2) is 50.5 Å². The van der Waals surface area contributed by atoms with Crippen LogP contribution >= 0.6 is 11.6 Å². The van der Waals surface area contributed by atoms with Crippen LogP contribution in [0.5, 0.6) is 11.5 Å². The number of nitrogens with zero attached hydrogens (tertiary/aromatic N) is 2. The molecule has 4 rings (SSSR count). The predicted octanol–water partition coefficient (Wildman–Crippen LogP) is 4.42. The summed E-state index contributed by atoms with van der Waals surface area (Å²) in [5.41, 5.74) is 3.03. The first-order valence-corrected chi connectivity index (χ1v) is 13.0. The Balaban J connectivity index is 1.72. The van der Waals surface area contributed by atoms with E-state index in [1.807, 2.05) is 32.0 Å². The van der Waals surface area contributed by atoms with E-state index in [0.29, 0.717) is 34.7 Å². The summed E-state index contributed by atoms with van der Waals surface area (Å²) in [5, 5.41) is 1.26. The van der Waals surface area contributed by atoms with Gasteiger partial charge in [0.25, 0.3) is 0 Å². The van der Waals surface area contributed by atoms with Gasteiger partial charge in [-0.15, -0.1) is 0 Å². The van der Waals surface area contributed by atoms with Crippen LogP contribution in [0.1, 0.15) is 29.7 Å². The van der Waals surface area contributed by atoms with E-state index in [-0.39, 0.29) is 23.8 Å². The molecule has 35 heavy (non-hydrogen) atoms. The molecule has 2 aromatic carbocycles. The zero-order valence-corrected chi connectivity index (χ0v) is 21.6. The Hall–Kier alpha value is -2.88. The molecule has 0 bridgehead atoms. The molecule has 2 heterocycles. The molecule has 3 aromatic rings. The molecule has 0 spiro atoms. The maximum Gasteiger partial charge on any atom is 0.324 e. The van der Waals surface area contributed by atoms with Gasteiger partial charge in [-0.25, -0.2) is 13.4 Å². The number of hydrogen-bond acceptors (Lipinski definition) is 7. The Morgan fingerprint density at radius 2 is 1.97 bits per heavy atom. The highest BCUT2D eigenvalue weighted by Gasteiger charge is 2.41. The van der Waals surface area contributed by atoms with Gasteiger partial charge in [0, 0.05) is 17.6 Å². The van der Waals surface area contributed by atoms with Crippen LogP contribution in [0.4, 0.5) is 0 Å². The summed E-state index contributed by atoms with van der Waals surface area (Å²) in [6.07, 6.45) is 0.947. The molecule has 0 N–H and O–H groups in total. The Labute approximate surface area is 209 Å². The maximum absolute atomic E-state index is 13.6. The van der Waals surface area contributed by atoms with Crippen molar-refractivity contribution in [1.29, 1.82) is 0 Å². The molecule has 10 heteroatoms. The van der Waals surface area contributed by atoms with Crippen molar-refractivity contribution in [1.82, 2.24) is 9.29 Å². The van der Waals surface area contributed by atoms with Crippen LogP contribution in [0.25, 0.3) is 10.9 Å². The number of carbonyl (C=O) groups excluding carboxylic acids is 1. The molecule has 8 nitrogen and oxygen atoms in total. The van der Waals surface area contributed by atoms with Gasteiger partial charge in [0.05, 0.1) is 24.8 Å². The minimum atomic E-state index is -4.07. The highest BCUT2D eigenvalue weighted by Crippen LogP contribution is 2.38. The highest BCUT2D eigenvalue weighted by atomic mass is 35.5. The second-order valence-corrected chi connectivity index (χ2v) is 10.6. The van der Waals surface area contributed by atoms with Crippen molar-refractivity contribution in [2.45, 2.75) is 44.2 Å². The number of benzene rings is 2. The van der Waals surface area contributed by atoms with Gasteiger partial charge >= 0.3 is 5.97 Å². The third kappa shape index (κ3) is 4.68. The molecule has 0 aliphatic carbocycles. The number of fused-ring (bicyclic) bond motifs is 1. The summed E-state index contributed by atoms with van der Waals surface area (Å²) >= 11 is 6.47. The number of rotatable bonds is 7. The number of methoxy groups -OCH3 is 2. The van der Waals surface area contributed by atoms with Gasteiger partial charge in [0.15, 0.2) is 0 Å². The number of hydrogen-bond donors (Lipinski definition) is 0. The first-order chi connectivity index (χ1) is 16.7. The first-order valence-electron chi connectivity index (χ1n) is 11.1. The summed E-state index contributed by atoms with van der Waals surface area (Å²) in [7, 11) is -1.45. The Kier molecular flexibility index (Phi) is 7.21. The molecule has 1 fully saturated rings. The minimum Gasteiger partial charge on any atom is -0.495 e. The quantitative estimate of drug-likeness (QED) is 0.427. The van der Waals surface area contributed by atoms with E-state index in [9.17, 15) is 13.2 Å². The first kappa shape index (κ1) is 25.2. The highest BCUT2D eigenvalue weighted by molar-refractivity contribution is 7.89. The standard InChI is InChI=1S/C25H27ClN2O6S/c1-15-13-16(2)27-23-17(15)7-5-9-21(23)34-14-18-19(26)10-11-22(24(18)32-3)35(30,31)28-12-6-8-20(28)25(29)33-4/h5,7,9-11,13,20H,6,8,12,14H2,1-4H3/t20-/m0/s1. The van der Waals surface area contributed by atoms with E-state index >= 15 is 0 Å². The SMILES string of the molecule is COC(=O)[C@@H]1CCCN1S(=O)(=O)c1ccc(Cl)c(COc2cccc3c(C)cc(C)nc23)c1OC. The number of carbonyl (C=O) groups is 1. The van der Waals surface area contributed by atoms with Crippen molar-refractivity contribution in [3.63, 3.8) is 0 Å². The van der Waals surface area contributed by atoms with Gasteiger partial charge in [-0.3, -0.25) is 4.79 Å². The van der Waals surface area contributed by atoms with Crippen molar-refractivity contribution in [3.8, 4) is 11.5 Å². The van der Waals surface area contributed by atoms with Gasteiger partial charge in [-0.1, -0.05) is 23.7 Å². The Morgan fingerprint density at radius 1 is 1.20 bits per heavy atom. The maximum atomic E-state index is 13.6. The predicted molar refractivity (Wildman–Crippen MR) is 132 cm³/mol.